The molecule has 1 unspecified atom stereocenters. The molecule has 2 aromatic rings. The first-order valence-electron chi connectivity index (χ1n) is 16.8. The first-order valence-corrected chi connectivity index (χ1v) is 16.8. The number of fused-ring (bicyclic) bond motifs is 2. The summed E-state index contributed by atoms with van der Waals surface area (Å²) in [5, 5.41) is 11.3. The van der Waals surface area contributed by atoms with Crippen LogP contribution in [0.3, 0.4) is 0 Å². The fraction of sp³-hybridized carbons (Fsp3) is 0.447. The van der Waals surface area contributed by atoms with E-state index in [0.29, 0.717) is 25.8 Å². The number of rotatable bonds is 14. The molecule has 10 heteroatoms. The van der Waals surface area contributed by atoms with Crippen molar-refractivity contribution in [3.05, 3.63) is 96.6 Å². The van der Waals surface area contributed by atoms with Gasteiger partial charge in [0.05, 0.1) is 12.1 Å². The maximum atomic E-state index is 14.6. The molecular weight excluding hydrogens is 606 g/mol. The summed E-state index contributed by atoms with van der Waals surface area (Å²) in [6.07, 6.45) is 4.91. The highest BCUT2D eigenvalue weighted by atomic mass is 16.2. The smallest absolute Gasteiger partial charge is 0.315 e. The van der Waals surface area contributed by atoms with Crippen molar-refractivity contribution in [1.29, 1.82) is 0 Å². The van der Waals surface area contributed by atoms with Gasteiger partial charge < -0.3 is 26.2 Å². The van der Waals surface area contributed by atoms with E-state index in [-0.39, 0.29) is 48.1 Å². The molecule has 0 aromatic heterocycles. The second-order valence-corrected chi connectivity index (χ2v) is 13.8. The Morgan fingerprint density at radius 1 is 0.917 bits per heavy atom. The van der Waals surface area contributed by atoms with E-state index in [2.05, 4.69) is 48.3 Å². The minimum Gasteiger partial charge on any atom is -0.346 e. The lowest BCUT2D eigenvalue weighted by Crippen LogP contribution is -2.60. The molecule has 5 amide bonds. The lowest BCUT2D eigenvalue weighted by Gasteiger charge is -2.35. The van der Waals surface area contributed by atoms with Crippen LogP contribution in [0.5, 0.6) is 0 Å². The summed E-state index contributed by atoms with van der Waals surface area (Å²) >= 11 is 0. The third-order valence-corrected chi connectivity index (χ3v) is 10.4. The number of nitrogens with zero attached hydrogens (tertiary/aromatic N) is 1. The van der Waals surface area contributed by atoms with Gasteiger partial charge in [0.15, 0.2) is 0 Å². The quantitative estimate of drug-likeness (QED) is 0.182. The van der Waals surface area contributed by atoms with Crippen LogP contribution in [0.2, 0.25) is 0 Å². The van der Waals surface area contributed by atoms with Gasteiger partial charge in [0, 0.05) is 13.1 Å². The molecule has 2 aliphatic carbocycles. The zero-order valence-electron chi connectivity index (χ0n) is 28.0. The van der Waals surface area contributed by atoms with Crippen LogP contribution in [-0.4, -0.2) is 65.7 Å². The van der Waals surface area contributed by atoms with E-state index in [9.17, 15) is 24.0 Å². The van der Waals surface area contributed by atoms with Gasteiger partial charge in [-0.15, -0.1) is 13.2 Å². The lowest BCUT2D eigenvalue weighted by atomic mass is 9.93. The average Bonchev–Trinajstić information content (AvgIpc) is 3.44. The first kappa shape index (κ1) is 34.6. The second-order valence-electron chi connectivity index (χ2n) is 13.8. The fourth-order valence-corrected chi connectivity index (χ4v) is 7.63. The molecule has 1 saturated carbocycles. The Hall–Kier alpha value is -4.73. The number of nitrogens with one attached hydrogen (secondary N) is 4. The topological polar surface area (TPSA) is 137 Å². The molecule has 10 nitrogen and oxygen atoms in total. The van der Waals surface area contributed by atoms with Gasteiger partial charge in [-0.1, -0.05) is 80.6 Å². The molecule has 48 heavy (non-hydrogen) atoms. The monoisotopic (exact) mass is 653 g/mol. The Bertz CT molecular complexity index is 1550. The predicted molar refractivity (Wildman–Crippen MR) is 183 cm³/mol. The number of amides is 5. The number of hydrogen-bond donors (Lipinski definition) is 4. The van der Waals surface area contributed by atoms with Crippen LogP contribution in [0.25, 0.3) is 0 Å². The number of hydrogen-bond acceptors (Lipinski definition) is 5. The minimum absolute atomic E-state index is 0.0868. The summed E-state index contributed by atoms with van der Waals surface area (Å²) in [5.74, 6) is -2.62. The maximum Gasteiger partial charge on any atom is 0.315 e. The van der Waals surface area contributed by atoms with E-state index in [4.69, 9.17) is 0 Å². The van der Waals surface area contributed by atoms with E-state index >= 15 is 0 Å². The van der Waals surface area contributed by atoms with Gasteiger partial charge >= 0.3 is 6.03 Å². The highest BCUT2D eigenvalue weighted by molar-refractivity contribution is 6.38. The van der Waals surface area contributed by atoms with E-state index in [1.165, 1.54) is 6.08 Å². The molecule has 1 heterocycles. The standard InChI is InChI=1S/C38H47N5O5/c1-6-8-18-29(33(44)35(46)39-19-7-2)41-34(45)32-30-28(38(30,4)5)22-43(32)36(47)31(27-20-25-16-12-13-17-26(25)21-27)42-37(48)40-23(3)24-14-10-9-11-15-24/h6-7,9-17,23,27-32H,1-2,8,18-22H2,3-5H3,(H,39,46)(H,41,45)(H2,40,42,48)/t23-,28-,29?,30-,31+,32+/m1/s1. The van der Waals surface area contributed by atoms with Gasteiger partial charge in [0.2, 0.25) is 17.6 Å². The van der Waals surface area contributed by atoms with Crippen molar-refractivity contribution in [3.63, 3.8) is 0 Å². The molecule has 4 N–H and O–H groups in total. The van der Waals surface area contributed by atoms with Gasteiger partial charge in [-0.2, -0.15) is 0 Å². The van der Waals surface area contributed by atoms with E-state index in [1.807, 2.05) is 61.5 Å². The number of likely N-dealkylation sites (tertiary alicyclic amines) is 1. The average molecular weight is 654 g/mol. The SMILES string of the molecule is C=CCCC(NC(=O)[C@@H]1[C@H]2[C@@H](CN1C(=O)[C@@H](NC(=O)N[C@H](C)c1ccccc1)C1Cc3ccccc3C1)C2(C)C)C(=O)C(=O)NCC=C. The Balaban J connectivity index is 1.38. The van der Waals surface area contributed by atoms with Crippen molar-refractivity contribution in [2.75, 3.05) is 13.1 Å². The summed E-state index contributed by atoms with van der Waals surface area (Å²) in [6, 6.07) is 14.0. The molecule has 5 rings (SSSR count). The van der Waals surface area contributed by atoms with Crippen molar-refractivity contribution >= 4 is 29.5 Å². The molecule has 0 bridgehead atoms. The number of urea groups is 1. The molecule has 0 spiro atoms. The van der Waals surface area contributed by atoms with E-state index in [1.54, 1.807) is 11.0 Å². The summed E-state index contributed by atoms with van der Waals surface area (Å²) < 4.78 is 0. The van der Waals surface area contributed by atoms with Crippen molar-refractivity contribution < 1.29 is 24.0 Å². The summed E-state index contributed by atoms with van der Waals surface area (Å²) in [4.78, 5) is 69.5. The highest BCUT2D eigenvalue weighted by Gasteiger charge is 2.69. The van der Waals surface area contributed by atoms with Crippen molar-refractivity contribution in [2.45, 2.75) is 70.6 Å². The zero-order chi connectivity index (χ0) is 34.6. The molecule has 0 radical (unpaired) electrons. The summed E-state index contributed by atoms with van der Waals surface area (Å²) in [5.41, 5.74) is 3.02. The second kappa shape index (κ2) is 14.6. The Kier molecular flexibility index (Phi) is 10.5. The van der Waals surface area contributed by atoms with E-state index < -0.39 is 41.8 Å². The molecule has 2 fully saturated rings. The number of carbonyl (C=O) groups excluding carboxylic acids is 5. The molecule has 1 saturated heterocycles. The Morgan fingerprint density at radius 2 is 1.56 bits per heavy atom. The van der Waals surface area contributed by atoms with Gasteiger partial charge in [-0.25, -0.2) is 4.79 Å². The third-order valence-electron chi connectivity index (χ3n) is 10.4. The Labute approximate surface area is 282 Å². The normalized spacial score (nSPS) is 22.2. The van der Waals surface area contributed by atoms with Crippen molar-refractivity contribution in [3.8, 4) is 0 Å². The predicted octanol–water partition coefficient (Wildman–Crippen LogP) is 3.64. The van der Waals surface area contributed by atoms with Crippen molar-refractivity contribution in [2.24, 2.45) is 23.2 Å². The zero-order valence-corrected chi connectivity index (χ0v) is 28.0. The molecule has 1 aliphatic heterocycles. The van der Waals surface area contributed by atoms with Crippen LogP contribution in [-0.2, 0) is 32.0 Å². The molecule has 254 valence electrons. The van der Waals surface area contributed by atoms with Gasteiger partial charge in [0.1, 0.15) is 12.1 Å². The van der Waals surface area contributed by atoms with Crippen LogP contribution >= 0.6 is 0 Å². The number of benzene rings is 2. The van der Waals surface area contributed by atoms with Crippen LogP contribution in [0, 0.1) is 23.2 Å². The van der Waals surface area contributed by atoms with Crippen LogP contribution in [0.4, 0.5) is 4.79 Å². The highest BCUT2D eigenvalue weighted by Crippen LogP contribution is 2.65. The first-order chi connectivity index (χ1) is 23.0. The van der Waals surface area contributed by atoms with Crippen LogP contribution < -0.4 is 21.3 Å². The fourth-order valence-electron chi connectivity index (χ4n) is 7.63. The summed E-state index contributed by atoms with van der Waals surface area (Å²) in [7, 11) is 0. The number of ketones is 1. The van der Waals surface area contributed by atoms with Crippen molar-refractivity contribution in [1.82, 2.24) is 26.2 Å². The maximum absolute atomic E-state index is 14.6. The summed E-state index contributed by atoms with van der Waals surface area (Å²) in [6.45, 7) is 13.8. The Morgan fingerprint density at radius 3 is 2.19 bits per heavy atom. The molecule has 3 aliphatic rings. The largest absolute Gasteiger partial charge is 0.346 e. The molecular formula is C38H47N5O5. The van der Waals surface area contributed by atoms with Gasteiger partial charge in [-0.05, 0) is 72.5 Å². The van der Waals surface area contributed by atoms with Crippen LogP contribution in [0.1, 0.15) is 56.3 Å². The number of carbonyl (C=O) groups is 5. The number of allylic oxidation sites excluding steroid dienone is 1. The van der Waals surface area contributed by atoms with Gasteiger partial charge in [0.25, 0.3) is 5.91 Å². The number of piperidine rings is 1. The third kappa shape index (κ3) is 7.22. The number of Topliss-reactive ketones (excluding diaryl/α,β-unsaturated/α-hetero) is 1. The van der Waals surface area contributed by atoms with E-state index in [0.717, 1.165) is 16.7 Å². The van der Waals surface area contributed by atoms with Crippen LogP contribution in [0.15, 0.2) is 79.9 Å². The lowest BCUT2D eigenvalue weighted by molar-refractivity contribution is -0.144. The molecule has 6 atom stereocenters. The van der Waals surface area contributed by atoms with Gasteiger partial charge in [-0.3, -0.25) is 19.2 Å². The minimum atomic E-state index is -1.08. The molecule has 2 aromatic carbocycles.